The molecule has 1 amide bonds. The van der Waals surface area contributed by atoms with Gasteiger partial charge in [0.15, 0.2) is 5.82 Å². The Morgan fingerprint density at radius 1 is 1.42 bits per heavy atom. The van der Waals surface area contributed by atoms with Crippen molar-refractivity contribution in [1.82, 2.24) is 14.5 Å². The first-order valence-electron chi connectivity index (χ1n) is 9.75. The Balaban J connectivity index is 1.40. The fraction of sp³-hybridized carbons (Fsp3) is 0.190. The predicted molar refractivity (Wildman–Crippen MR) is 121 cm³/mol. The Bertz CT molecular complexity index is 1040. The van der Waals surface area contributed by atoms with Crippen LogP contribution in [0, 0.1) is 6.92 Å². The monoisotopic (exact) mass is 438 g/mol. The van der Waals surface area contributed by atoms with Crippen molar-refractivity contribution >= 4 is 35.2 Å². The number of H-pyrrole nitrogens is 1. The van der Waals surface area contributed by atoms with Crippen molar-refractivity contribution < 1.29 is 14.4 Å². The number of amidine groups is 1. The Kier molecular flexibility index (Phi) is 6.51. The molecular weight excluding hydrogens is 414 g/mol. The number of amides is 1. The minimum atomic E-state index is -0.194. The number of rotatable bonds is 9. The van der Waals surface area contributed by atoms with Crippen LogP contribution in [0.3, 0.4) is 0 Å². The first kappa shape index (κ1) is 20.9. The van der Waals surface area contributed by atoms with E-state index in [4.69, 9.17) is 4.74 Å². The summed E-state index contributed by atoms with van der Waals surface area (Å²) >= 11 is 1.60. The van der Waals surface area contributed by atoms with E-state index in [2.05, 4.69) is 42.9 Å². The zero-order valence-corrected chi connectivity index (χ0v) is 17.9. The molecule has 0 aliphatic carbocycles. The van der Waals surface area contributed by atoms with E-state index in [0.29, 0.717) is 13.2 Å². The Labute approximate surface area is 184 Å². The lowest BCUT2D eigenvalue weighted by Gasteiger charge is -2.27. The highest BCUT2D eigenvalue weighted by atomic mass is 32.2. The number of aryl methyl sites for hydroxylation is 1. The van der Waals surface area contributed by atoms with Crippen molar-refractivity contribution in [1.29, 1.82) is 0 Å². The number of hydrogen-bond acceptors (Lipinski definition) is 7. The molecule has 2 aromatic rings. The Morgan fingerprint density at radius 3 is 3.00 bits per heavy atom. The molecule has 160 valence electrons. The molecule has 31 heavy (non-hydrogen) atoms. The van der Waals surface area contributed by atoms with E-state index in [9.17, 15) is 4.79 Å². The third-order valence-corrected chi connectivity index (χ3v) is 5.40. The fourth-order valence-electron chi connectivity index (χ4n) is 3.09. The molecule has 1 unspecified atom stereocenters. The van der Waals surface area contributed by atoms with Crippen molar-refractivity contribution in [2.45, 2.75) is 11.8 Å². The maximum absolute atomic E-state index is 11.9. The largest absolute Gasteiger partial charge is 0.368 e. The highest BCUT2D eigenvalue weighted by Gasteiger charge is 2.32. The van der Waals surface area contributed by atoms with Gasteiger partial charge in [0.2, 0.25) is 17.6 Å². The van der Waals surface area contributed by atoms with E-state index in [0.717, 1.165) is 38.7 Å². The minimum absolute atomic E-state index is 0.00137. The number of benzene rings is 1. The van der Waals surface area contributed by atoms with Gasteiger partial charge < -0.3 is 10.1 Å². The molecule has 2 aliphatic heterocycles. The zero-order valence-electron chi connectivity index (χ0n) is 17.1. The summed E-state index contributed by atoms with van der Waals surface area (Å²) in [5.41, 5.74) is 1.72. The summed E-state index contributed by atoms with van der Waals surface area (Å²) in [6, 6.07) is 9.64. The molecule has 1 atom stereocenters. The van der Waals surface area contributed by atoms with E-state index >= 15 is 0 Å². The number of hydrogen-bond donors (Lipinski definition) is 4. The quantitative estimate of drug-likeness (QED) is 0.271. The number of ether oxygens (including phenoxy) is 1. The molecule has 0 saturated heterocycles. The molecule has 1 aromatic heterocycles. The summed E-state index contributed by atoms with van der Waals surface area (Å²) in [7, 11) is 0. The van der Waals surface area contributed by atoms with Gasteiger partial charge in [-0.3, -0.25) is 19.5 Å². The van der Waals surface area contributed by atoms with Gasteiger partial charge in [-0.25, -0.2) is 9.89 Å². The average Bonchev–Trinajstić information content (AvgIpc) is 3.38. The first-order chi connectivity index (χ1) is 15.1. The number of aromatic amines is 1. The molecule has 0 bridgehead atoms. The van der Waals surface area contributed by atoms with Gasteiger partial charge >= 0.3 is 0 Å². The third kappa shape index (κ3) is 5.43. The van der Waals surface area contributed by atoms with Crippen molar-refractivity contribution in [3.8, 4) is 0 Å². The van der Waals surface area contributed by atoms with Gasteiger partial charge in [-0.2, -0.15) is 5.10 Å². The van der Waals surface area contributed by atoms with Crippen LogP contribution in [0.1, 0.15) is 5.69 Å². The smallest absolute Gasteiger partial charge is 0.250 e. The second-order valence-corrected chi connectivity index (χ2v) is 8.08. The molecular formula is C21H24N7O2S+. The summed E-state index contributed by atoms with van der Waals surface area (Å²) in [5.74, 6) is 2.52. The number of quaternary nitrogens is 1. The second kappa shape index (κ2) is 9.65. The molecule has 0 saturated carbocycles. The van der Waals surface area contributed by atoms with Crippen LogP contribution in [0.25, 0.3) is 0 Å². The van der Waals surface area contributed by atoms with Crippen LogP contribution < -0.4 is 15.5 Å². The zero-order chi connectivity index (χ0) is 21.6. The molecule has 0 radical (unpaired) electrons. The lowest BCUT2D eigenvalue weighted by atomic mass is 10.3. The maximum atomic E-state index is 11.9. The minimum Gasteiger partial charge on any atom is -0.368 e. The fourth-order valence-corrected chi connectivity index (χ4v) is 3.96. The van der Waals surface area contributed by atoms with Crippen LogP contribution in [0.15, 0.2) is 77.3 Å². The van der Waals surface area contributed by atoms with E-state index in [1.807, 2.05) is 49.7 Å². The summed E-state index contributed by atoms with van der Waals surface area (Å²) in [4.78, 5) is 18.5. The molecule has 10 heteroatoms. The molecule has 2 aliphatic rings. The SMILES string of the molecule is C=CCOCC(=O)Nc1ccc(SN2C=C(Nc3cc(C)[nH]n3)[NH+]3C=CN=C3C2)cc1. The topological polar surface area (TPSA) is 99.1 Å². The van der Waals surface area contributed by atoms with Gasteiger partial charge in [0.25, 0.3) is 0 Å². The highest BCUT2D eigenvalue weighted by Crippen LogP contribution is 2.26. The standard InChI is InChI=1S/C21H23N7O2S/c1-3-10-30-14-21(29)23-16-4-6-17(7-5-16)31-27-12-19-22-8-9-28(19)20(13-27)24-18-11-15(2)25-26-18/h3-9,11,13H,1,10,12,14H2,2H3,(H,23,29)(H2,24,25,26)/p+1. The van der Waals surface area contributed by atoms with Crippen LogP contribution >= 0.6 is 11.9 Å². The molecule has 4 rings (SSSR count). The van der Waals surface area contributed by atoms with Crippen molar-refractivity contribution in [2.75, 3.05) is 30.4 Å². The van der Waals surface area contributed by atoms with E-state index in [-0.39, 0.29) is 12.5 Å². The number of carbonyl (C=O) groups is 1. The molecule has 0 spiro atoms. The summed E-state index contributed by atoms with van der Waals surface area (Å²) < 4.78 is 7.27. The number of aliphatic imine (C=N–C) groups is 1. The van der Waals surface area contributed by atoms with Gasteiger partial charge in [-0.1, -0.05) is 6.08 Å². The summed E-state index contributed by atoms with van der Waals surface area (Å²) in [5, 5.41) is 13.4. The summed E-state index contributed by atoms with van der Waals surface area (Å²) in [6.07, 6.45) is 7.50. The van der Waals surface area contributed by atoms with Crippen LogP contribution in [0.5, 0.6) is 0 Å². The average molecular weight is 439 g/mol. The van der Waals surface area contributed by atoms with E-state index in [1.165, 1.54) is 0 Å². The van der Waals surface area contributed by atoms with Gasteiger partial charge in [0.05, 0.1) is 19.0 Å². The van der Waals surface area contributed by atoms with E-state index in [1.54, 1.807) is 18.0 Å². The van der Waals surface area contributed by atoms with Crippen molar-refractivity contribution in [2.24, 2.45) is 4.99 Å². The lowest BCUT2D eigenvalue weighted by molar-refractivity contribution is -0.699. The second-order valence-electron chi connectivity index (χ2n) is 6.95. The number of nitrogens with zero attached hydrogens (tertiary/aromatic N) is 3. The molecule has 9 nitrogen and oxygen atoms in total. The first-order valence-corrected chi connectivity index (χ1v) is 10.5. The molecule has 1 aromatic carbocycles. The molecule has 4 N–H and O–H groups in total. The van der Waals surface area contributed by atoms with Crippen LogP contribution in [-0.4, -0.2) is 46.0 Å². The molecule has 3 heterocycles. The molecule has 0 fully saturated rings. The van der Waals surface area contributed by atoms with E-state index < -0.39 is 0 Å². The highest BCUT2D eigenvalue weighted by molar-refractivity contribution is 7.97. The van der Waals surface area contributed by atoms with Crippen molar-refractivity contribution in [3.05, 3.63) is 73.1 Å². The van der Waals surface area contributed by atoms with Gasteiger partial charge in [0.1, 0.15) is 19.4 Å². The van der Waals surface area contributed by atoms with Gasteiger partial charge in [-0.15, -0.1) is 6.58 Å². The Hall–Kier alpha value is -3.34. The number of carbonyl (C=O) groups excluding carboxylic acids is 1. The van der Waals surface area contributed by atoms with Crippen molar-refractivity contribution in [3.63, 3.8) is 0 Å². The number of aromatic nitrogens is 2. The van der Waals surface area contributed by atoms with Gasteiger partial charge in [-0.05, 0) is 43.1 Å². The van der Waals surface area contributed by atoms with Gasteiger partial charge in [0, 0.05) is 22.3 Å². The Morgan fingerprint density at radius 2 is 2.26 bits per heavy atom. The predicted octanol–water partition coefficient (Wildman–Crippen LogP) is 1.86. The lowest BCUT2D eigenvalue weighted by Crippen LogP contribution is -3.10. The number of nitrogens with one attached hydrogen (secondary N) is 4. The maximum Gasteiger partial charge on any atom is 0.250 e. The van der Waals surface area contributed by atoms with Crippen LogP contribution in [-0.2, 0) is 9.53 Å². The normalized spacial score (nSPS) is 17.1. The third-order valence-electron chi connectivity index (χ3n) is 4.45. The number of anilines is 2. The van der Waals surface area contributed by atoms with Crippen LogP contribution in [0.2, 0.25) is 0 Å². The summed E-state index contributed by atoms with van der Waals surface area (Å²) in [6.45, 7) is 6.56. The van der Waals surface area contributed by atoms with Crippen LogP contribution in [0.4, 0.5) is 11.5 Å². The number of fused-ring (bicyclic) bond motifs is 1.